The first-order valence-electron chi connectivity index (χ1n) is 29.2. The number of ether oxygens (including phenoxy) is 1. The molecule has 1 N–H and O–H groups in total. The number of para-hydroxylation sites is 6. The van der Waals surface area contributed by atoms with Gasteiger partial charge in [0.05, 0.1) is 44.5 Å². The predicted octanol–water partition coefficient (Wildman–Crippen LogP) is 22.1. The standard InChI is InChI=1S/C38H35N3O.C19H24BrN.C19H12N2O.2CH4/c1-37(2,3)25-17-18-39-33(22-25)24-19-26(38(4,5)6)21-28(20-24)42-27-15-16-29-30-11-7-9-13-34(30)41-35-14-10-8-12-32(35)40-36(41)31(29)23-27;1-18(2,3)14-7-8-21-17(12-14)13-9-15(19(4,5)6)11-16(20)10-13;22-12-9-10-13-14-5-1-3-7-17(14)21-18-8-4-2-6-16(18)20-19(21)15(13)11-12;;/h7-23H,1-6H3;7-12H,1-6H3;1-11,22H;2*1H4. The lowest BCUT2D eigenvalue weighted by molar-refractivity contribution is 0.476. The molecule has 14 rings (SSSR count). The van der Waals surface area contributed by atoms with E-state index in [2.05, 4.69) is 252 Å². The van der Waals surface area contributed by atoms with Crippen LogP contribution in [-0.2, 0) is 21.7 Å². The van der Waals surface area contributed by atoms with Gasteiger partial charge in [0.2, 0.25) is 0 Å². The number of hydrogen-bond donors (Lipinski definition) is 1. The van der Waals surface area contributed by atoms with E-state index in [1.807, 2.05) is 54.9 Å². The molecule has 0 bridgehead atoms. The van der Waals surface area contributed by atoms with Crippen molar-refractivity contribution in [1.82, 2.24) is 28.7 Å². The van der Waals surface area contributed by atoms with Crippen LogP contribution in [0.2, 0.25) is 0 Å². The Balaban J connectivity index is 0.000000157. The van der Waals surface area contributed by atoms with Crippen molar-refractivity contribution in [3.8, 4) is 39.8 Å². The molecule has 8 nitrogen and oxygen atoms in total. The molecule has 0 aliphatic heterocycles. The molecule has 0 amide bonds. The fraction of sp³-hybridized carbons (Fsp3) is 0.231. The summed E-state index contributed by atoms with van der Waals surface area (Å²) in [5.74, 6) is 1.84. The zero-order chi connectivity index (χ0) is 59.7. The SMILES string of the molecule is C.C.CC(C)(C)c1cc(Br)cc(-c2cc(C(C)(C)C)ccn2)c1.CC(C)(C)c1cc(Oc2ccc3c4ccccc4n4c5ccccc5nc4c3c2)cc(-c2cc(C(C)(C)C)ccn2)c1.Oc1ccc2c3ccccc3n3c4ccccc4nc3c2c1. The number of aromatic hydroxyl groups is 1. The summed E-state index contributed by atoms with van der Waals surface area (Å²) < 4.78 is 12.2. The molecule has 0 spiro atoms. The minimum absolute atomic E-state index is 0. The number of hydrogen-bond acceptors (Lipinski definition) is 6. The summed E-state index contributed by atoms with van der Waals surface area (Å²) in [6, 6.07) is 66.8. The van der Waals surface area contributed by atoms with E-state index in [4.69, 9.17) is 19.7 Å². The summed E-state index contributed by atoms with van der Waals surface area (Å²) >= 11 is 3.63. The first-order valence-corrected chi connectivity index (χ1v) is 30.0. The Morgan fingerprint density at radius 3 is 1.29 bits per heavy atom. The molecule has 0 unspecified atom stereocenters. The van der Waals surface area contributed by atoms with Crippen molar-refractivity contribution in [2.75, 3.05) is 0 Å². The summed E-state index contributed by atoms with van der Waals surface area (Å²) in [6.07, 6.45) is 3.82. The summed E-state index contributed by atoms with van der Waals surface area (Å²) in [4.78, 5) is 19.2. The third kappa shape index (κ3) is 12.2. The molecule has 0 saturated heterocycles. The van der Waals surface area contributed by atoms with Gasteiger partial charge < -0.3 is 9.84 Å². The second-order valence-electron chi connectivity index (χ2n) is 26.4. The van der Waals surface area contributed by atoms with Crippen molar-refractivity contribution in [3.63, 3.8) is 0 Å². The third-order valence-electron chi connectivity index (χ3n) is 16.1. The second kappa shape index (κ2) is 23.4. The Labute approximate surface area is 520 Å². The summed E-state index contributed by atoms with van der Waals surface area (Å²) in [7, 11) is 0. The fourth-order valence-corrected chi connectivity index (χ4v) is 11.8. The van der Waals surface area contributed by atoms with Crippen molar-refractivity contribution in [1.29, 1.82) is 0 Å². The van der Waals surface area contributed by atoms with Gasteiger partial charge in [-0.3, -0.25) is 18.8 Å². The monoisotopic (exact) mass is 1210 g/mol. The molecule has 8 aromatic carbocycles. The van der Waals surface area contributed by atoms with Crippen molar-refractivity contribution >= 4 is 92.6 Å². The Morgan fingerprint density at radius 2 is 0.793 bits per heavy atom. The number of halogens is 1. The lowest BCUT2D eigenvalue weighted by atomic mass is 9.84. The quantitative estimate of drug-likeness (QED) is 0.177. The number of pyridine rings is 4. The second-order valence-corrected chi connectivity index (χ2v) is 27.3. The minimum Gasteiger partial charge on any atom is -0.508 e. The number of rotatable bonds is 4. The molecular weight excluding hydrogens is 1130 g/mol. The van der Waals surface area contributed by atoms with Gasteiger partial charge in [0, 0.05) is 49.5 Å². The van der Waals surface area contributed by atoms with Gasteiger partial charge in [-0.1, -0.05) is 175 Å². The van der Waals surface area contributed by atoms with Gasteiger partial charge >= 0.3 is 0 Å². The van der Waals surface area contributed by atoms with Gasteiger partial charge in [-0.05, 0) is 188 Å². The van der Waals surface area contributed by atoms with Crippen molar-refractivity contribution < 1.29 is 9.84 Å². The average molecular weight is 1210 g/mol. The Hall–Kier alpha value is -8.92. The van der Waals surface area contributed by atoms with Gasteiger partial charge in [-0.15, -0.1) is 0 Å². The highest BCUT2D eigenvalue weighted by Crippen LogP contribution is 2.40. The molecule has 6 aromatic heterocycles. The normalized spacial score (nSPS) is 12.1. The highest BCUT2D eigenvalue weighted by Gasteiger charge is 2.22. The Kier molecular flexibility index (Phi) is 16.5. The predicted molar refractivity (Wildman–Crippen MR) is 372 cm³/mol. The molecular formula is C78H79BrN6O2. The number of imidazole rings is 2. The number of phenols is 1. The van der Waals surface area contributed by atoms with Gasteiger partial charge in [-0.25, -0.2) is 9.97 Å². The van der Waals surface area contributed by atoms with E-state index in [1.54, 1.807) is 12.1 Å². The first-order chi connectivity index (χ1) is 40.5. The van der Waals surface area contributed by atoms with Crippen LogP contribution in [0.15, 0.2) is 211 Å². The summed E-state index contributed by atoms with van der Waals surface area (Å²) in [5, 5.41) is 16.6. The molecule has 0 saturated carbocycles. The molecule has 0 fully saturated rings. The summed E-state index contributed by atoms with van der Waals surface area (Å²) in [5.41, 5.74) is 17.8. The van der Waals surface area contributed by atoms with Crippen molar-refractivity contribution in [3.05, 3.63) is 233 Å². The van der Waals surface area contributed by atoms with Crippen LogP contribution in [0.5, 0.6) is 17.2 Å². The highest BCUT2D eigenvalue weighted by atomic mass is 79.9. The lowest BCUT2D eigenvalue weighted by Gasteiger charge is -2.22. The Bertz CT molecular complexity index is 4890. The lowest BCUT2D eigenvalue weighted by Crippen LogP contribution is -2.12. The van der Waals surface area contributed by atoms with Gasteiger partial charge in [0.15, 0.2) is 0 Å². The van der Waals surface area contributed by atoms with E-state index < -0.39 is 0 Å². The van der Waals surface area contributed by atoms with Crippen LogP contribution in [0.1, 0.15) is 120 Å². The number of fused-ring (bicyclic) bond motifs is 16. The van der Waals surface area contributed by atoms with Crippen LogP contribution in [-0.4, -0.2) is 33.8 Å². The number of benzene rings is 8. The molecule has 87 heavy (non-hydrogen) atoms. The van der Waals surface area contributed by atoms with E-state index in [0.29, 0.717) is 0 Å². The van der Waals surface area contributed by atoms with Crippen molar-refractivity contribution in [2.24, 2.45) is 0 Å². The average Bonchev–Trinajstić information content (AvgIpc) is 1.69. The maximum Gasteiger partial charge on any atom is 0.146 e. The molecule has 0 aliphatic rings. The zero-order valence-electron chi connectivity index (χ0n) is 50.5. The third-order valence-corrected chi connectivity index (χ3v) is 16.5. The largest absolute Gasteiger partial charge is 0.508 e. The minimum atomic E-state index is -0.0554. The smallest absolute Gasteiger partial charge is 0.146 e. The molecule has 0 radical (unpaired) electrons. The Morgan fingerprint density at radius 1 is 0.368 bits per heavy atom. The molecule has 9 heteroatoms. The highest BCUT2D eigenvalue weighted by molar-refractivity contribution is 9.10. The molecule has 0 aliphatic carbocycles. The molecule has 440 valence electrons. The van der Waals surface area contributed by atoms with Gasteiger partial charge in [0.1, 0.15) is 28.5 Å². The van der Waals surface area contributed by atoms with Crippen LogP contribution in [0.4, 0.5) is 0 Å². The van der Waals surface area contributed by atoms with E-state index in [0.717, 1.165) is 104 Å². The first kappa shape index (κ1) is 61.2. The van der Waals surface area contributed by atoms with E-state index in [-0.39, 0.29) is 42.3 Å². The van der Waals surface area contributed by atoms with E-state index >= 15 is 0 Å². The van der Waals surface area contributed by atoms with Crippen LogP contribution < -0.4 is 4.74 Å². The maximum absolute atomic E-state index is 9.90. The molecule has 6 heterocycles. The summed E-state index contributed by atoms with van der Waals surface area (Å²) in [6.45, 7) is 26.8. The van der Waals surface area contributed by atoms with E-state index in [9.17, 15) is 5.11 Å². The van der Waals surface area contributed by atoms with Crippen LogP contribution >= 0.6 is 15.9 Å². The fourth-order valence-electron chi connectivity index (χ4n) is 11.3. The topological polar surface area (TPSA) is 89.8 Å². The number of phenolic OH excluding ortho intramolecular Hbond substituents is 1. The van der Waals surface area contributed by atoms with Crippen LogP contribution in [0.25, 0.3) is 99.2 Å². The van der Waals surface area contributed by atoms with Crippen LogP contribution in [0.3, 0.4) is 0 Å². The van der Waals surface area contributed by atoms with Crippen LogP contribution in [0, 0.1) is 0 Å². The van der Waals surface area contributed by atoms with E-state index in [1.165, 1.54) is 33.2 Å². The number of aromatic nitrogens is 6. The number of nitrogens with zero attached hydrogens (tertiary/aromatic N) is 6. The maximum atomic E-state index is 9.90. The van der Waals surface area contributed by atoms with Gasteiger partial charge in [0.25, 0.3) is 0 Å². The zero-order valence-corrected chi connectivity index (χ0v) is 52.1. The molecule has 0 atom stereocenters. The molecule has 14 aromatic rings. The van der Waals surface area contributed by atoms with Gasteiger partial charge in [-0.2, -0.15) is 0 Å². The van der Waals surface area contributed by atoms with Crippen molar-refractivity contribution in [2.45, 2.75) is 120 Å².